The van der Waals surface area contributed by atoms with Crippen molar-refractivity contribution in [3.8, 4) is 0 Å². The Morgan fingerprint density at radius 1 is 0.844 bits per heavy atom. The lowest BCUT2D eigenvalue weighted by Crippen LogP contribution is -2.54. The Morgan fingerprint density at radius 3 is 2.18 bits per heavy atom. The summed E-state index contributed by atoms with van der Waals surface area (Å²) < 4.78 is 28.4. The van der Waals surface area contributed by atoms with Crippen molar-refractivity contribution < 1.29 is 18.0 Å². The molecule has 1 saturated carbocycles. The topological polar surface area (TPSA) is 86.8 Å². The average Bonchev–Trinajstić information content (AvgIpc) is 3.04. The summed E-state index contributed by atoms with van der Waals surface area (Å²) in [6.45, 7) is -0.560. The first-order chi connectivity index (χ1) is 21.6. The van der Waals surface area contributed by atoms with Crippen LogP contribution in [0.1, 0.15) is 43.2 Å². The van der Waals surface area contributed by atoms with Crippen molar-refractivity contribution in [3.05, 3.63) is 112 Å². The number of benzene rings is 4. The van der Waals surface area contributed by atoms with Crippen molar-refractivity contribution in [2.45, 2.75) is 62.0 Å². The molecule has 4 aromatic carbocycles. The SMILES string of the molecule is CN(CC(=O)N(Cc1c(Cl)cccc1Cl)[C@@H](Cc1ccccc1)C(=O)NC1CCCCC1)S(=O)(=O)c1ccc2ccccc2c1. The quantitative estimate of drug-likeness (QED) is 0.190. The number of sulfonamides is 1. The predicted molar refractivity (Wildman–Crippen MR) is 180 cm³/mol. The summed E-state index contributed by atoms with van der Waals surface area (Å²) >= 11 is 13.1. The molecule has 5 rings (SSSR count). The number of hydrogen-bond donors (Lipinski definition) is 1. The van der Waals surface area contributed by atoms with Crippen molar-refractivity contribution >= 4 is 55.8 Å². The van der Waals surface area contributed by atoms with E-state index in [-0.39, 0.29) is 29.8 Å². The molecule has 1 N–H and O–H groups in total. The molecule has 0 bridgehead atoms. The van der Waals surface area contributed by atoms with Gasteiger partial charge in [-0.3, -0.25) is 9.59 Å². The van der Waals surface area contributed by atoms with Crippen LogP contribution in [0, 0.1) is 0 Å². The molecule has 0 aliphatic heterocycles. The molecule has 0 aromatic heterocycles. The fraction of sp³-hybridized carbons (Fsp3) is 0.314. The second-order valence-electron chi connectivity index (χ2n) is 11.5. The fourth-order valence-electron chi connectivity index (χ4n) is 5.83. The van der Waals surface area contributed by atoms with Gasteiger partial charge in [0.05, 0.1) is 11.4 Å². The van der Waals surface area contributed by atoms with E-state index in [2.05, 4.69) is 5.32 Å². The summed E-state index contributed by atoms with van der Waals surface area (Å²) in [6.07, 6.45) is 5.18. The lowest BCUT2D eigenvalue weighted by Gasteiger charge is -2.34. The molecule has 236 valence electrons. The molecule has 1 atom stereocenters. The maximum Gasteiger partial charge on any atom is 0.243 e. The van der Waals surface area contributed by atoms with Crippen LogP contribution in [-0.2, 0) is 32.6 Å². The smallest absolute Gasteiger partial charge is 0.243 e. The standard InChI is InChI=1S/C35H37Cl2N3O4S/c1-39(45(43,44)29-20-19-26-13-8-9-14-27(26)22-29)24-34(41)40(23-30-31(36)17-10-18-32(30)37)33(21-25-11-4-2-5-12-25)35(42)38-28-15-6-3-7-16-28/h2,4-5,8-14,17-20,22,28,33H,3,6-7,15-16,21,23-24H2,1H3,(H,38,42)/t33-/m0/s1. The number of rotatable bonds is 11. The molecule has 45 heavy (non-hydrogen) atoms. The van der Waals surface area contributed by atoms with Crippen LogP contribution in [0.25, 0.3) is 10.8 Å². The highest BCUT2D eigenvalue weighted by Gasteiger charge is 2.34. The van der Waals surface area contributed by atoms with E-state index in [4.69, 9.17) is 23.2 Å². The number of amides is 2. The van der Waals surface area contributed by atoms with Gasteiger partial charge in [0, 0.05) is 41.7 Å². The number of nitrogens with one attached hydrogen (secondary N) is 1. The molecule has 4 aromatic rings. The van der Waals surface area contributed by atoms with E-state index in [1.54, 1.807) is 30.3 Å². The minimum atomic E-state index is -4.04. The van der Waals surface area contributed by atoms with Crippen molar-refractivity contribution in [1.29, 1.82) is 0 Å². The summed E-state index contributed by atoms with van der Waals surface area (Å²) in [6, 6.07) is 26.0. The predicted octanol–water partition coefficient (Wildman–Crippen LogP) is 6.86. The molecule has 1 fully saturated rings. The third-order valence-electron chi connectivity index (χ3n) is 8.40. The molecule has 1 aliphatic rings. The Bertz CT molecular complexity index is 1740. The Morgan fingerprint density at radius 2 is 1.49 bits per heavy atom. The summed E-state index contributed by atoms with van der Waals surface area (Å²) in [4.78, 5) is 29.8. The lowest BCUT2D eigenvalue weighted by molar-refractivity contribution is -0.141. The van der Waals surface area contributed by atoms with Crippen molar-refractivity contribution in [1.82, 2.24) is 14.5 Å². The zero-order valence-electron chi connectivity index (χ0n) is 25.2. The van der Waals surface area contributed by atoms with Gasteiger partial charge in [-0.25, -0.2) is 8.42 Å². The van der Waals surface area contributed by atoms with E-state index in [0.717, 1.165) is 52.7 Å². The van der Waals surface area contributed by atoms with Gasteiger partial charge in [0.2, 0.25) is 21.8 Å². The second kappa shape index (κ2) is 14.8. The van der Waals surface area contributed by atoms with Gasteiger partial charge in [-0.05, 0) is 53.4 Å². The molecule has 0 spiro atoms. The Kier molecular flexibility index (Phi) is 10.8. The zero-order valence-corrected chi connectivity index (χ0v) is 27.5. The van der Waals surface area contributed by atoms with Crippen LogP contribution in [0.2, 0.25) is 10.0 Å². The molecule has 2 amide bonds. The Hall–Kier alpha value is -3.43. The first-order valence-corrected chi connectivity index (χ1v) is 17.3. The van der Waals surface area contributed by atoms with Crippen molar-refractivity contribution in [2.24, 2.45) is 0 Å². The lowest BCUT2D eigenvalue weighted by atomic mass is 9.94. The number of halogens is 2. The molecule has 0 radical (unpaired) electrons. The van der Waals surface area contributed by atoms with Gasteiger partial charge in [-0.1, -0.05) is 109 Å². The van der Waals surface area contributed by atoms with Crippen LogP contribution < -0.4 is 5.32 Å². The van der Waals surface area contributed by atoms with Crippen molar-refractivity contribution in [2.75, 3.05) is 13.6 Å². The second-order valence-corrected chi connectivity index (χ2v) is 14.4. The van der Waals surface area contributed by atoms with Gasteiger partial charge >= 0.3 is 0 Å². The number of carbonyl (C=O) groups is 2. The molecule has 7 nitrogen and oxygen atoms in total. The third-order valence-corrected chi connectivity index (χ3v) is 10.9. The van der Waals surface area contributed by atoms with Gasteiger partial charge in [-0.2, -0.15) is 4.31 Å². The number of carbonyl (C=O) groups excluding carboxylic acids is 2. The van der Waals surface area contributed by atoms with Crippen LogP contribution in [0.3, 0.4) is 0 Å². The van der Waals surface area contributed by atoms with E-state index >= 15 is 0 Å². The summed E-state index contributed by atoms with van der Waals surface area (Å²) in [5, 5.41) is 5.57. The van der Waals surface area contributed by atoms with Gasteiger partial charge in [-0.15, -0.1) is 0 Å². The van der Waals surface area contributed by atoms with E-state index in [9.17, 15) is 18.0 Å². The first kappa shape index (κ1) is 32.9. The van der Waals surface area contributed by atoms with Gasteiger partial charge in [0.1, 0.15) is 6.04 Å². The Labute approximate surface area is 275 Å². The summed E-state index contributed by atoms with van der Waals surface area (Å²) in [5.41, 5.74) is 1.35. The molecular formula is C35H37Cl2N3O4S. The number of likely N-dealkylation sites (N-methyl/N-ethyl adjacent to an activating group) is 1. The normalized spacial score (nSPS) is 14.8. The zero-order chi connectivity index (χ0) is 32.0. The van der Waals surface area contributed by atoms with E-state index in [1.807, 2.05) is 54.6 Å². The number of hydrogen-bond acceptors (Lipinski definition) is 4. The number of fused-ring (bicyclic) bond motifs is 1. The highest BCUT2D eigenvalue weighted by molar-refractivity contribution is 7.89. The van der Waals surface area contributed by atoms with Crippen LogP contribution >= 0.6 is 23.2 Å². The maximum atomic E-state index is 14.3. The van der Waals surface area contributed by atoms with E-state index in [0.29, 0.717) is 15.6 Å². The maximum absolute atomic E-state index is 14.3. The van der Waals surface area contributed by atoms with E-state index < -0.39 is 28.5 Å². The minimum Gasteiger partial charge on any atom is -0.352 e. The van der Waals surface area contributed by atoms with E-state index in [1.165, 1.54) is 18.0 Å². The highest BCUT2D eigenvalue weighted by atomic mass is 35.5. The number of nitrogens with zero attached hydrogens (tertiary/aromatic N) is 2. The molecule has 1 aliphatic carbocycles. The minimum absolute atomic E-state index is 0.0151. The van der Waals surface area contributed by atoms with Gasteiger partial charge in [0.15, 0.2) is 0 Å². The Balaban J connectivity index is 1.48. The highest BCUT2D eigenvalue weighted by Crippen LogP contribution is 2.28. The summed E-state index contributed by atoms with van der Waals surface area (Å²) in [7, 11) is -2.67. The van der Waals surface area contributed by atoms with Crippen molar-refractivity contribution in [3.63, 3.8) is 0 Å². The third kappa shape index (κ3) is 8.05. The molecule has 0 unspecified atom stereocenters. The fourth-order valence-corrected chi connectivity index (χ4v) is 7.50. The van der Waals surface area contributed by atoms with Gasteiger partial charge in [0.25, 0.3) is 0 Å². The molecule has 0 heterocycles. The first-order valence-electron chi connectivity index (χ1n) is 15.2. The van der Waals surface area contributed by atoms with Crippen LogP contribution in [0.5, 0.6) is 0 Å². The van der Waals surface area contributed by atoms with Crippen LogP contribution in [-0.4, -0.2) is 55.1 Å². The molecule has 10 heteroatoms. The van der Waals surface area contributed by atoms with Crippen LogP contribution in [0.15, 0.2) is 95.9 Å². The summed E-state index contributed by atoms with van der Waals surface area (Å²) in [5.74, 6) is -0.833. The van der Waals surface area contributed by atoms with Crippen LogP contribution in [0.4, 0.5) is 0 Å². The average molecular weight is 667 g/mol. The monoisotopic (exact) mass is 665 g/mol. The molecule has 0 saturated heterocycles. The largest absolute Gasteiger partial charge is 0.352 e. The van der Waals surface area contributed by atoms with Gasteiger partial charge < -0.3 is 10.2 Å². The molecular weight excluding hydrogens is 629 g/mol.